The van der Waals surface area contributed by atoms with Crippen LogP contribution >= 0.6 is 0 Å². The molecule has 3 unspecified atom stereocenters. The normalized spacial score (nSPS) is 28.2. The number of nitrogens with one attached hydrogen (secondary N) is 1. The van der Waals surface area contributed by atoms with Gasteiger partial charge in [-0.1, -0.05) is 50.1 Å². The highest BCUT2D eigenvalue weighted by Gasteiger charge is 2.39. The van der Waals surface area contributed by atoms with E-state index < -0.39 is 0 Å². The van der Waals surface area contributed by atoms with Crippen molar-refractivity contribution < 1.29 is 0 Å². The van der Waals surface area contributed by atoms with Crippen molar-refractivity contribution in [2.45, 2.75) is 51.1 Å². The maximum Gasteiger partial charge on any atom is 0.0475 e. The molecule has 2 heteroatoms. The van der Waals surface area contributed by atoms with E-state index in [4.69, 9.17) is 0 Å². The van der Waals surface area contributed by atoms with Gasteiger partial charge in [-0.15, -0.1) is 0 Å². The van der Waals surface area contributed by atoms with Crippen LogP contribution < -0.4 is 5.32 Å². The molecule has 3 atom stereocenters. The number of nitrogens with zero attached hydrogens (tertiary/aromatic N) is 1. The molecule has 0 aromatic heterocycles. The lowest BCUT2D eigenvalue weighted by Gasteiger charge is -2.37. The van der Waals surface area contributed by atoms with Gasteiger partial charge in [-0.3, -0.25) is 4.90 Å². The first kappa shape index (κ1) is 14.1. The minimum absolute atomic E-state index is 0.559. The SMILES string of the molecule is CCNCC(c1ccccc1)N1CCC2CCCCC21. The third-order valence-electron chi connectivity index (χ3n) is 5.23. The highest BCUT2D eigenvalue weighted by atomic mass is 15.2. The average Bonchev–Trinajstić information content (AvgIpc) is 2.93. The Labute approximate surface area is 123 Å². The monoisotopic (exact) mass is 272 g/mol. The van der Waals surface area contributed by atoms with Gasteiger partial charge in [-0.2, -0.15) is 0 Å². The van der Waals surface area contributed by atoms with Crippen molar-refractivity contribution in [2.24, 2.45) is 5.92 Å². The van der Waals surface area contributed by atoms with Crippen LogP contribution in [0, 0.1) is 5.92 Å². The zero-order chi connectivity index (χ0) is 13.8. The first-order chi connectivity index (χ1) is 9.90. The van der Waals surface area contributed by atoms with Crippen molar-refractivity contribution in [1.29, 1.82) is 0 Å². The maximum atomic E-state index is 3.58. The fraction of sp³-hybridized carbons (Fsp3) is 0.667. The average molecular weight is 272 g/mol. The summed E-state index contributed by atoms with van der Waals surface area (Å²) in [6.07, 6.45) is 7.18. The number of rotatable bonds is 5. The highest BCUT2D eigenvalue weighted by molar-refractivity contribution is 5.20. The lowest BCUT2D eigenvalue weighted by atomic mass is 9.84. The number of hydrogen-bond donors (Lipinski definition) is 1. The summed E-state index contributed by atoms with van der Waals surface area (Å²) in [6, 6.07) is 12.5. The van der Waals surface area contributed by atoms with Gasteiger partial charge in [-0.25, -0.2) is 0 Å². The van der Waals surface area contributed by atoms with Gasteiger partial charge < -0.3 is 5.32 Å². The first-order valence-electron chi connectivity index (χ1n) is 8.41. The minimum Gasteiger partial charge on any atom is -0.315 e. The zero-order valence-electron chi connectivity index (χ0n) is 12.7. The number of hydrogen-bond acceptors (Lipinski definition) is 2. The molecule has 3 rings (SSSR count). The van der Waals surface area contributed by atoms with Gasteiger partial charge in [0.25, 0.3) is 0 Å². The second kappa shape index (κ2) is 6.73. The maximum absolute atomic E-state index is 3.58. The summed E-state index contributed by atoms with van der Waals surface area (Å²) in [4.78, 5) is 2.81. The van der Waals surface area contributed by atoms with Crippen molar-refractivity contribution >= 4 is 0 Å². The molecule has 1 aromatic rings. The van der Waals surface area contributed by atoms with Crippen LogP contribution in [0.5, 0.6) is 0 Å². The molecule has 2 aliphatic rings. The Morgan fingerprint density at radius 3 is 2.75 bits per heavy atom. The molecular weight excluding hydrogens is 244 g/mol. The number of likely N-dealkylation sites (tertiary alicyclic amines) is 1. The van der Waals surface area contributed by atoms with E-state index in [1.54, 1.807) is 0 Å². The molecule has 1 N–H and O–H groups in total. The minimum atomic E-state index is 0.559. The molecule has 0 amide bonds. The van der Waals surface area contributed by atoms with Gasteiger partial charge in [0, 0.05) is 18.6 Å². The van der Waals surface area contributed by atoms with Crippen LogP contribution in [-0.2, 0) is 0 Å². The van der Waals surface area contributed by atoms with E-state index >= 15 is 0 Å². The van der Waals surface area contributed by atoms with E-state index in [0.29, 0.717) is 6.04 Å². The van der Waals surface area contributed by atoms with Crippen molar-refractivity contribution in [1.82, 2.24) is 10.2 Å². The predicted octanol–water partition coefficient (Wildman–Crippen LogP) is 3.60. The summed E-state index contributed by atoms with van der Waals surface area (Å²) >= 11 is 0. The van der Waals surface area contributed by atoms with Gasteiger partial charge in [-0.05, 0) is 43.8 Å². The molecule has 1 heterocycles. The molecule has 1 saturated heterocycles. The van der Waals surface area contributed by atoms with E-state index in [1.807, 2.05) is 0 Å². The Bertz CT molecular complexity index is 403. The van der Waals surface area contributed by atoms with Crippen molar-refractivity contribution in [3.05, 3.63) is 35.9 Å². The van der Waals surface area contributed by atoms with Gasteiger partial charge >= 0.3 is 0 Å². The Hall–Kier alpha value is -0.860. The summed E-state index contributed by atoms with van der Waals surface area (Å²) in [5, 5.41) is 3.58. The van der Waals surface area contributed by atoms with Crippen LogP contribution in [-0.4, -0.2) is 30.6 Å². The molecule has 1 aromatic carbocycles. The van der Waals surface area contributed by atoms with Crippen molar-refractivity contribution in [3.8, 4) is 0 Å². The van der Waals surface area contributed by atoms with Crippen molar-refractivity contribution in [2.75, 3.05) is 19.6 Å². The van der Waals surface area contributed by atoms with Gasteiger partial charge in [0.05, 0.1) is 0 Å². The molecule has 0 spiro atoms. The topological polar surface area (TPSA) is 15.3 Å². The fourth-order valence-corrected chi connectivity index (χ4v) is 4.21. The number of benzene rings is 1. The van der Waals surface area contributed by atoms with Crippen LogP contribution in [0.2, 0.25) is 0 Å². The molecule has 1 aliphatic heterocycles. The number of fused-ring (bicyclic) bond motifs is 1. The Morgan fingerprint density at radius 1 is 1.15 bits per heavy atom. The highest BCUT2D eigenvalue weighted by Crippen LogP contribution is 2.40. The third-order valence-corrected chi connectivity index (χ3v) is 5.23. The van der Waals surface area contributed by atoms with E-state index in [1.165, 1.54) is 44.2 Å². The van der Waals surface area contributed by atoms with E-state index in [9.17, 15) is 0 Å². The fourth-order valence-electron chi connectivity index (χ4n) is 4.21. The molecule has 0 radical (unpaired) electrons. The van der Waals surface area contributed by atoms with Crippen LogP contribution in [0.1, 0.15) is 50.6 Å². The summed E-state index contributed by atoms with van der Waals surface area (Å²) < 4.78 is 0. The second-order valence-corrected chi connectivity index (χ2v) is 6.37. The summed E-state index contributed by atoms with van der Waals surface area (Å²) in [5.74, 6) is 0.969. The smallest absolute Gasteiger partial charge is 0.0475 e. The van der Waals surface area contributed by atoms with Gasteiger partial charge in [0.15, 0.2) is 0 Å². The van der Waals surface area contributed by atoms with Crippen LogP contribution in [0.3, 0.4) is 0 Å². The predicted molar refractivity (Wildman–Crippen MR) is 84.8 cm³/mol. The van der Waals surface area contributed by atoms with Crippen LogP contribution in [0.4, 0.5) is 0 Å². The molecular formula is C18H28N2. The van der Waals surface area contributed by atoms with E-state index in [2.05, 4.69) is 47.5 Å². The van der Waals surface area contributed by atoms with Crippen molar-refractivity contribution in [3.63, 3.8) is 0 Å². The zero-order valence-corrected chi connectivity index (χ0v) is 12.7. The molecule has 2 fully saturated rings. The Balaban J connectivity index is 1.78. The largest absolute Gasteiger partial charge is 0.315 e. The first-order valence-corrected chi connectivity index (χ1v) is 8.41. The molecule has 110 valence electrons. The third kappa shape index (κ3) is 2.91. The van der Waals surface area contributed by atoms with Crippen LogP contribution in [0.25, 0.3) is 0 Å². The standard InChI is InChI=1S/C18H28N2/c1-2-19-14-18(15-8-4-3-5-9-15)20-13-12-16-10-6-7-11-17(16)20/h3-5,8-9,16-19H,2,6-7,10-14H2,1H3. The molecule has 1 saturated carbocycles. The molecule has 20 heavy (non-hydrogen) atoms. The molecule has 1 aliphatic carbocycles. The lowest BCUT2D eigenvalue weighted by molar-refractivity contribution is 0.130. The summed E-state index contributed by atoms with van der Waals surface area (Å²) in [7, 11) is 0. The second-order valence-electron chi connectivity index (χ2n) is 6.37. The summed E-state index contributed by atoms with van der Waals surface area (Å²) in [5.41, 5.74) is 1.49. The molecule has 2 nitrogen and oxygen atoms in total. The van der Waals surface area contributed by atoms with Crippen LogP contribution in [0.15, 0.2) is 30.3 Å². The van der Waals surface area contributed by atoms with Gasteiger partial charge in [0.1, 0.15) is 0 Å². The summed E-state index contributed by atoms with van der Waals surface area (Å²) in [6.45, 7) is 5.64. The Morgan fingerprint density at radius 2 is 1.95 bits per heavy atom. The van der Waals surface area contributed by atoms with Gasteiger partial charge in [0.2, 0.25) is 0 Å². The Kier molecular flexibility index (Phi) is 4.74. The number of likely N-dealkylation sites (N-methyl/N-ethyl adjacent to an activating group) is 1. The quantitative estimate of drug-likeness (QED) is 0.881. The lowest BCUT2D eigenvalue weighted by Crippen LogP contribution is -2.41. The van der Waals surface area contributed by atoms with E-state index in [-0.39, 0.29) is 0 Å². The van der Waals surface area contributed by atoms with E-state index in [0.717, 1.165) is 25.0 Å². The molecule has 0 bridgehead atoms.